The summed E-state index contributed by atoms with van der Waals surface area (Å²) >= 11 is 0. The van der Waals surface area contributed by atoms with E-state index < -0.39 is 5.82 Å². The minimum Gasteiger partial charge on any atom is -0.376 e. The summed E-state index contributed by atoms with van der Waals surface area (Å²) in [5.74, 6) is -0.957. The molecule has 6 heteroatoms. The van der Waals surface area contributed by atoms with Crippen LogP contribution < -0.4 is 0 Å². The maximum atomic E-state index is 13.9. The van der Waals surface area contributed by atoms with Gasteiger partial charge in [0.25, 0.3) is 5.91 Å². The molecule has 0 saturated carbocycles. The highest BCUT2D eigenvalue weighted by molar-refractivity contribution is 5.94. The van der Waals surface area contributed by atoms with Crippen LogP contribution >= 0.6 is 0 Å². The van der Waals surface area contributed by atoms with E-state index >= 15 is 0 Å². The smallest absolute Gasteiger partial charge is 0.257 e. The van der Waals surface area contributed by atoms with Gasteiger partial charge in [-0.2, -0.15) is 0 Å². The lowest BCUT2D eigenvalue weighted by molar-refractivity contribution is 0.0503. The average Bonchev–Trinajstić information content (AvgIpc) is 3.08. The lowest BCUT2D eigenvalue weighted by Gasteiger charge is -2.25. The first kappa shape index (κ1) is 15.6. The second-order valence-electron chi connectivity index (χ2n) is 5.53. The maximum absolute atomic E-state index is 13.9. The molecule has 0 aliphatic carbocycles. The van der Waals surface area contributed by atoms with Gasteiger partial charge in [-0.1, -0.05) is 0 Å². The Balaban J connectivity index is 1.81. The first-order valence-corrected chi connectivity index (χ1v) is 7.63. The van der Waals surface area contributed by atoms with Crippen LogP contribution in [0.4, 0.5) is 4.39 Å². The van der Waals surface area contributed by atoms with E-state index in [9.17, 15) is 9.18 Å². The van der Waals surface area contributed by atoms with Crippen LogP contribution in [-0.4, -0.2) is 40.0 Å². The molecule has 0 bridgehead atoms. The number of hydrogen-bond donors (Lipinski definition) is 0. The maximum Gasteiger partial charge on any atom is 0.257 e. The highest BCUT2D eigenvalue weighted by Crippen LogP contribution is 2.18. The first-order valence-electron chi connectivity index (χ1n) is 7.63. The highest BCUT2D eigenvalue weighted by atomic mass is 19.1. The second kappa shape index (κ2) is 7.28. The Morgan fingerprint density at radius 3 is 2.74 bits per heavy atom. The van der Waals surface area contributed by atoms with E-state index in [1.165, 1.54) is 12.3 Å². The number of amides is 1. The van der Waals surface area contributed by atoms with Gasteiger partial charge in [-0.15, -0.1) is 0 Å². The molecule has 0 radical (unpaired) electrons. The molecule has 0 aromatic carbocycles. The normalized spacial score (nSPS) is 17.2. The van der Waals surface area contributed by atoms with E-state index in [1.54, 1.807) is 17.3 Å². The number of rotatable bonds is 5. The quantitative estimate of drug-likeness (QED) is 0.850. The van der Waals surface area contributed by atoms with Gasteiger partial charge in [-0.05, 0) is 36.6 Å². The predicted molar refractivity (Wildman–Crippen MR) is 82.1 cm³/mol. The van der Waals surface area contributed by atoms with Crippen LogP contribution in [0.3, 0.4) is 0 Å². The number of halogens is 1. The third-order valence-electron chi connectivity index (χ3n) is 3.86. The average molecular weight is 315 g/mol. The Bertz CT molecular complexity index is 660. The molecule has 0 unspecified atom stereocenters. The molecule has 3 rings (SSSR count). The minimum atomic E-state index is -0.607. The van der Waals surface area contributed by atoms with E-state index in [2.05, 4.69) is 9.97 Å². The zero-order chi connectivity index (χ0) is 16.1. The number of nitrogens with zero attached hydrogens (tertiary/aromatic N) is 3. The van der Waals surface area contributed by atoms with Crippen molar-refractivity contribution in [2.45, 2.75) is 25.5 Å². The number of aromatic nitrogens is 2. The van der Waals surface area contributed by atoms with E-state index in [-0.39, 0.29) is 17.6 Å². The monoisotopic (exact) mass is 315 g/mol. The molecule has 23 heavy (non-hydrogen) atoms. The third kappa shape index (κ3) is 3.90. The Labute approximate surface area is 134 Å². The molecule has 0 N–H and O–H groups in total. The van der Waals surface area contributed by atoms with Gasteiger partial charge < -0.3 is 9.64 Å². The molecule has 1 aliphatic heterocycles. The van der Waals surface area contributed by atoms with Crippen molar-refractivity contribution in [2.75, 3.05) is 13.2 Å². The summed E-state index contributed by atoms with van der Waals surface area (Å²) in [6.45, 7) is 1.55. The van der Waals surface area contributed by atoms with Gasteiger partial charge in [0.15, 0.2) is 5.82 Å². The predicted octanol–water partition coefficient (Wildman–Crippen LogP) is 2.44. The third-order valence-corrected chi connectivity index (χ3v) is 3.86. The Morgan fingerprint density at radius 1 is 1.26 bits per heavy atom. The molecular weight excluding hydrogens is 297 g/mol. The van der Waals surface area contributed by atoms with Crippen molar-refractivity contribution in [2.24, 2.45) is 0 Å². The van der Waals surface area contributed by atoms with Gasteiger partial charge in [0, 0.05) is 38.3 Å². The molecule has 120 valence electrons. The molecule has 5 nitrogen and oxygen atoms in total. The minimum absolute atomic E-state index is 0.00526. The molecule has 1 aliphatic rings. The summed E-state index contributed by atoms with van der Waals surface area (Å²) in [6, 6.07) is 5.10. The summed E-state index contributed by atoms with van der Waals surface area (Å²) in [5.41, 5.74) is 0.980. The number of pyridine rings is 2. The van der Waals surface area contributed by atoms with E-state index in [1.807, 2.05) is 12.1 Å². The van der Waals surface area contributed by atoms with Crippen molar-refractivity contribution in [1.29, 1.82) is 0 Å². The Hall–Kier alpha value is -2.34. The number of ether oxygens (including phenoxy) is 1. The topological polar surface area (TPSA) is 55.3 Å². The fourth-order valence-electron chi connectivity index (χ4n) is 2.68. The zero-order valence-corrected chi connectivity index (χ0v) is 12.7. The van der Waals surface area contributed by atoms with Crippen LogP contribution in [0, 0.1) is 5.82 Å². The lowest BCUT2D eigenvalue weighted by Crippen LogP contribution is -2.37. The summed E-state index contributed by atoms with van der Waals surface area (Å²) in [7, 11) is 0. The van der Waals surface area contributed by atoms with E-state index in [4.69, 9.17) is 4.74 Å². The molecule has 1 atom stereocenters. The van der Waals surface area contributed by atoms with Crippen molar-refractivity contribution in [1.82, 2.24) is 14.9 Å². The Kier molecular flexibility index (Phi) is 4.92. The summed E-state index contributed by atoms with van der Waals surface area (Å²) in [5, 5.41) is 0. The van der Waals surface area contributed by atoms with Crippen molar-refractivity contribution < 1.29 is 13.9 Å². The molecule has 1 amide bonds. The summed E-state index contributed by atoms with van der Waals surface area (Å²) in [4.78, 5) is 22.0. The first-order chi connectivity index (χ1) is 11.2. The van der Waals surface area contributed by atoms with Gasteiger partial charge in [-0.25, -0.2) is 4.39 Å². The lowest BCUT2D eigenvalue weighted by atomic mass is 10.1. The molecule has 0 spiro atoms. The fourth-order valence-corrected chi connectivity index (χ4v) is 2.68. The molecule has 2 aromatic heterocycles. The fraction of sp³-hybridized carbons (Fsp3) is 0.353. The standard InChI is InChI=1S/C17H18FN3O2/c18-16-10-20-8-5-15(16)17(22)21(12-14-2-1-9-23-14)11-13-3-6-19-7-4-13/h3-8,10,14H,1-2,9,11-12H2/t14-/m1/s1. The SMILES string of the molecule is O=C(c1ccncc1F)N(Cc1ccncc1)C[C@H]1CCCO1. The molecule has 3 heterocycles. The van der Waals surface area contributed by atoms with Gasteiger partial charge in [-0.3, -0.25) is 14.8 Å². The van der Waals surface area contributed by atoms with Gasteiger partial charge in [0.05, 0.1) is 17.9 Å². The van der Waals surface area contributed by atoms with Crippen molar-refractivity contribution >= 4 is 5.91 Å². The van der Waals surface area contributed by atoms with Crippen LogP contribution in [0.5, 0.6) is 0 Å². The van der Waals surface area contributed by atoms with Crippen molar-refractivity contribution in [3.63, 3.8) is 0 Å². The summed E-state index contributed by atoms with van der Waals surface area (Å²) in [6.07, 6.45) is 7.75. The largest absolute Gasteiger partial charge is 0.376 e. The van der Waals surface area contributed by atoms with Crippen LogP contribution in [0.15, 0.2) is 43.0 Å². The zero-order valence-electron chi connectivity index (χ0n) is 12.7. The van der Waals surface area contributed by atoms with Gasteiger partial charge in [0.1, 0.15) is 0 Å². The number of hydrogen-bond acceptors (Lipinski definition) is 4. The van der Waals surface area contributed by atoms with Crippen molar-refractivity contribution in [3.8, 4) is 0 Å². The van der Waals surface area contributed by atoms with Crippen LogP contribution in [0.2, 0.25) is 0 Å². The second-order valence-corrected chi connectivity index (χ2v) is 5.53. The van der Waals surface area contributed by atoms with Crippen molar-refractivity contribution in [3.05, 3.63) is 59.9 Å². The molecular formula is C17H18FN3O2. The molecule has 2 aromatic rings. The van der Waals surface area contributed by atoms with E-state index in [0.717, 1.165) is 24.6 Å². The van der Waals surface area contributed by atoms with Crippen LogP contribution in [0.1, 0.15) is 28.8 Å². The van der Waals surface area contributed by atoms with Crippen LogP contribution in [0.25, 0.3) is 0 Å². The Morgan fingerprint density at radius 2 is 2.04 bits per heavy atom. The summed E-state index contributed by atoms with van der Waals surface area (Å²) < 4.78 is 19.5. The van der Waals surface area contributed by atoms with Gasteiger partial charge >= 0.3 is 0 Å². The van der Waals surface area contributed by atoms with E-state index in [0.29, 0.717) is 19.7 Å². The van der Waals surface area contributed by atoms with Gasteiger partial charge in [0.2, 0.25) is 0 Å². The molecule has 1 fully saturated rings. The molecule has 1 saturated heterocycles. The highest BCUT2D eigenvalue weighted by Gasteiger charge is 2.25. The number of carbonyl (C=O) groups excluding carboxylic acids is 1. The van der Waals surface area contributed by atoms with Crippen LogP contribution in [-0.2, 0) is 11.3 Å². The number of carbonyl (C=O) groups is 1.